The minimum atomic E-state index is -1.74. The highest BCUT2D eigenvalue weighted by molar-refractivity contribution is 6.74. The Hall–Kier alpha value is -0.523. The average Bonchev–Trinajstić information content (AvgIpc) is 2.36. The maximum absolute atomic E-state index is 6.53. The predicted octanol–water partition coefficient (Wildman–Crippen LogP) is 6.71. The Morgan fingerprint density at radius 3 is 2.18 bits per heavy atom. The molecule has 1 atom stereocenters. The molecule has 0 aromatic carbocycles. The van der Waals surface area contributed by atoms with E-state index in [1.54, 1.807) is 0 Å². The van der Waals surface area contributed by atoms with Gasteiger partial charge in [0.05, 0.1) is 0 Å². The van der Waals surface area contributed by atoms with Crippen molar-refractivity contribution in [1.29, 1.82) is 0 Å². The van der Waals surface area contributed by atoms with E-state index >= 15 is 0 Å². The lowest BCUT2D eigenvalue weighted by Crippen LogP contribution is -2.43. The minimum absolute atomic E-state index is 0.0955. The van der Waals surface area contributed by atoms with Crippen LogP contribution >= 0.6 is 0 Å². The molecule has 0 aromatic rings. The Morgan fingerprint density at radius 2 is 1.68 bits per heavy atom. The largest absolute Gasteiger partial charge is 0.403 e. The Kier molecular flexibility index (Phi) is 10.0. The molecule has 0 rings (SSSR count). The number of hydrogen-bond donors (Lipinski definition) is 0. The second-order valence-electron chi connectivity index (χ2n) is 8.08. The van der Waals surface area contributed by atoms with E-state index in [1.165, 1.54) is 37.7 Å². The fourth-order valence-corrected chi connectivity index (χ4v) is 3.15. The molecule has 22 heavy (non-hydrogen) atoms. The molecule has 0 aliphatic heterocycles. The first-order valence-corrected chi connectivity index (χ1v) is 11.8. The molecule has 2 heteroatoms. The van der Waals surface area contributed by atoms with Crippen molar-refractivity contribution in [2.75, 3.05) is 0 Å². The second kappa shape index (κ2) is 10.3. The van der Waals surface area contributed by atoms with Gasteiger partial charge in [-0.15, -0.1) is 0 Å². The summed E-state index contributed by atoms with van der Waals surface area (Å²) in [6, 6.07) is 0. The van der Waals surface area contributed by atoms with Crippen molar-refractivity contribution < 1.29 is 4.43 Å². The highest BCUT2D eigenvalue weighted by Crippen LogP contribution is 2.37. The zero-order valence-electron chi connectivity index (χ0n) is 16.3. The first-order valence-electron chi connectivity index (χ1n) is 8.92. The summed E-state index contributed by atoms with van der Waals surface area (Å²) in [5.74, 6) is 6.55. The molecular formula is C20H38OSi. The smallest absolute Gasteiger partial charge is 0.193 e. The lowest BCUT2D eigenvalue weighted by Gasteiger charge is -2.38. The highest BCUT2D eigenvalue weighted by Gasteiger charge is 2.38. The van der Waals surface area contributed by atoms with Gasteiger partial charge in [-0.25, -0.2) is 0 Å². The van der Waals surface area contributed by atoms with Gasteiger partial charge in [-0.2, -0.15) is 0 Å². The van der Waals surface area contributed by atoms with Crippen LogP contribution in [0.3, 0.4) is 0 Å². The van der Waals surface area contributed by atoms with Crippen LogP contribution in [0.2, 0.25) is 18.1 Å². The van der Waals surface area contributed by atoms with Crippen LogP contribution in [-0.4, -0.2) is 14.4 Å². The third-order valence-corrected chi connectivity index (χ3v) is 8.90. The van der Waals surface area contributed by atoms with Crippen LogP contribution in [0.5, 0.6) is 0 Å². The van der Waals surface area contributed by atoms with E-state index in [-0.39, 0.29) is 11.1 Å². The number of allylic oxidation sites excluding steroid dienone is 2. The topological polar surface area (TPSA) is 9.23 Å². The van der Waals surface area contributed by atoms with Crippen molar-refractivity contribution in [1.82, 2.24) is 0 Å². The first kappa shape index (κ1) is 21.5. The molecule has 1 unspecified atom stereocenters. The fraction of sp³-hybridized carbons (Fsp3) is 0.800. The number of rotatable bonds is 8. The van der Waals surface area contributed by atoms with E-state index in [0.717, 1.165) is 6.42 Å². The third-order valence-electron chi connectivity index (χ3n) is 4.42. The predicted molar refractivity (Wildman–Crippen MR) is 103 cm³/mol. The van der Waals surface area contributed by atoms with Crippen molar-refractivity contribution in [3.63, 3.8) is 0 Å². The molecule has 0 aromatic heterocycles. The Labute approximate surface area is 141 Å². The maximum Gasteiger partial charge on any atom is 0.193 e. The first-order chi connectivity index (χ1) is 10.1. The monoisotopic (exact) mass is 322 g/mol. The molecule has 0 amide bonds. The lowest BCUT2D eigenvalue weighted by molar-refractivity contribution is 0.219. The van der Waals surface area contributed by atoms with Gasteiger partial charge in [0, 0.05) is 0 Å². The van der Waals surface area contributed by atoms with Crippen molar-refractivity contribution in [3.05, 3.63) is 11.6 Å². The van der Waals surface area contributed by atoms with Gasteiger partial charge in [-0.1, -0.05) is 70.8 Å². The Morgan fingerprint density at radius 1 is 1.09 bits per heavy atom. The molecule has 1 nitrogen and oxygen atoms in total. The molecule has 0 heterocycles. The average molecular weight is 323 g/mol. The van der Waals surface area contributed by atoms with Gasteiger partial charge in [0.2, 0.25) is 0 Å². The van der Waals surface area contributed by atoms with Gasteiger partial charge < -0.3 is 4.43 Å². The van der Waals surface area contributed by atoms with E-state index in [4.69, 9.17) is 4.43 Å². The molecular weight excluding hydrogens is 284 g/mol. The van der Waals surface area contributed by atoms with E-state index < -0.39 is 8.32 Å². The van der Waals surface area contributed by atoms with Crippen molar-refractivity contribution in [2.45, 2.75) is 104 Å². The molecule has 0 radical (unpaired) electrons. The van der Waals surface area contributed by atoms with E-state index in [2.05, 4.69) is 66.5 Å². The number of unbranched alkanes of at least 4 members (excludes halogenated alkanes) is 4. The van der Waals surface area contributed by atoms with Crippen LogP contribution in [-0.2, 0) is 4.43 Å². The Bertz CT molecular complexity index is 386. The summed E-state index contributed by atoms with van der Waals surface area (Å²) < 4.78 is 6.53. The zero-order chi connectivity index (χ0) is 17.2. The van der Waals surface area contributed by atoms with Gasteiger partial charge in [-0.05, 0) is 50.9 Å². The zero-order valence-corrected chi connectivity index (χ0v) is 17.3. The van der Waals surface area contributed by atoms with Crippen LogP contribution in [0.25, 0.3) is 0 Å². The van der Waals surface area contributed by atoms with Crippen LogP contribution in [0.1, 0.15) is 80.1 Å². The number of hydrogen-bond acceptors (Lipinski definition) is 1. The van der Waals surface area contributed by atoms with E-state index in [0.29, 0.717) is 0 Å². The molecule has 0 bridgehead atoms. The van der Waals surface area contributed by atoms with Crippen molar-refractivity contribution in [2.24, 2.45) is 0 Å². The molecule has 128 valence electrons. The van der Waals surface area contributed by atoms with Crippen molar-refractivity contribution >= 4 is 8.32 Å². The van der Waals surface area contributed by atoms with Crippen LogP contribution in [0.4, 0.5) is 0 Å². The molecule has 0 aliphatic rings. The standard InChI is InChI=1S/C20H38OSi/c1-9-10-11-12-13-16-19(17-14-15-18(2)3)21-22(7,8)20(4,5)6/h15,19H,9-13,16H2,1-8H3. The maximum atomic E-state index is 6.53. The van der Waals surface area contributed by atoms with E-state index in [1.807, 2.05) is 6.08 Å². The van der Waals surface area contributed by atoms with Crippen molar-refractivity contribution in [3.8, 4) is 11.8 Å². The summed E-state index contributed by atoms with van der Waals surface area (Å²) in [6.07, 6.45) is 9.67. The summed E-state index contributed by atoms with van der Waals surface area (Å²) in [5, 5.41) is 0.242. The van der Waals surface area contributed by atoms with Gasteiger partial charge in [0.1, 0.15) is 6.10 Å². The van der Waals surface area contributed by atoms with E-state index in [9.17, 15) is 0 Å². The summed E-state index contributed by atoms with van der Waals surface area (Å²) in [7, 11) is -1.74. The van der Waals surface area contributed by atoms with Gasteiger partial charge >= 0.3 is 0 Å². The summed E-state index contributed by atoms with van der Waals surface area (Å²) in [6.45, 7) is 17.9. The summed E-state index contributed by atoms with van der Waals surface area (Å²) >= 11 is 0. The van der Waals surface area contributed by atoms with Gasteiger partial charge in [0.25, 0.3) is 0 Å². The highest BCUT2D eigenvalue weighted by atomic mass is 28.4. The molecule has 0 N–H and O–H groups in total. The molecule has 0 fully saturated rings. The Balaban J connectivity index is 4.71. The molecule has 0 saturated heterocycles. The second-order valence-corrected chi connectivity index (χ2v) is 12.8. The SMILES string of the molecule is CCCCCCCC(C#CC=C(C)C)O[Si](C)(C)C(C)(C)C. The normalized spacial score (nSPS) is 13.3. The van der Waals surface area contributed by atoms with Crippen LogP contribution < -0.4 is 0 Å². The summed E-state index contributed by atoms with van der Waals surface area (Å²) in [4.78, 5) is 0. The van der Waals surface area contributed by atoms with Crippen LogP contribution in [0, 0.1) is 11.8 Å². The van der Waals surface area contributed by atoms with Crippen LogP contribution in [0.15, 0.2) is 11.6 Å². The summed E-state index contributed by atoms with van der Waals surface area (Å²) in [5.41, 5.74) is 1.25. The lowest BCUT2D eigenvalue weighted by atomic mass is 10.1. The molecule has 0 saturated carbocycles. The third kappa shape index (κ3) is 9.49. The molecule has 0 spiro atoms. The van der Waals surface area contributed by atoms with Gasteiger partial charge in [0.15, 0.2) is 8.32 Å². The fourth-order valence-electron chi connectivity index (χ4n) is 1.91. The van der Waals surface area contributed by atoms with Gasteiger partial charge in [-0.3, -0.25) is 0 Å². The molecule has 0 aliphatic carbocycles. The quantitative estimate of drug-likeness (QED) is 0.274. The minimum Gasteiger partial charge on any atom is -0.403 e.